The number of carbonyl (C=O) groups is 2. The van der Waals surface area contributed by atoms with Crippen LogP contribution in [0, 0.1) is 0 Å². The molecule has 1 fully saturated rings. The Morgan fingerprint density at radius 2 is 1.78 bits per heavy atom. The second-order valence-corrected chi connectivity index (χ2v) is 8.97. The molecule has 1 atom stereocenters. The van der Waals surface area contributed by atoms with Gasteiger partial charge in [0.2, 0.25) is 3.42 Å². The van der Waals surface area contributed by atoms with Gasteiger partial charge in [-0.15, -0.1) is 0 Å². The van der Waals surface area contributed by atoms with Gasteiger partial charge in [0.05, 0.1) is 5.71 Å². The molecule has 1 aliphatic carbocycles. The summed E-state index contributed by atoms with van der Waals surface area (Å²) in [6.07, 6.45) is 0.284. The van der Waals surface area contributed by atoms with Crippen LogP contribution in [-0.2, 0) is 19.2 Å². The van der Waals surface area contributed by atoms with E-state index in [-0.39, 0.29) is 11.6 Å². The molecule has 1 heterocycles. The van der Waals surface area contributed by atoms with E-state index >= 15 is 0 Å². The number of rotatable bonds is 4. The number of ketones is 2. The van der Waals surface area contributed by atoms with E-state index in [4.69, 9.17) is 9.57 Å². The number of hydrogen-bond donors (Lipinski definition) is 0. The quantitative estimate of drug-likeness (QED) is 0.527. The molecule has 5 nitrogen and oxygen atoms in total. The highest BCUT2D eigenvalue weighted by molar-refractivity contribution is 9.25. The smallest absolute Gasteiger partial charge is 0.219 e. The van der Waals surface area contributed by atoms with E-state index in [9.17, 15) is 9.59 Å². The molecular weight excluding hydrogens is 430 g/mol. The maximum atomic E-state index is 11.9. The van der Waals surface area contributed by atoms with Gasteiger partial charge in [0, 0.05) is 19.3 Å². The van der Waals surface area contributed by atoms with Crippen LogP contribution in [0.1, 0.15) is 31.2 Å². The number of oxime groups is 1. The number of hydrogen-bond acceptors (Lipinski definition) is 5. The third-order valence-corrected chi connectivity index (χ3v) is 5.25. The van der Waals surface area contributed by atoms with Crippen molar-refractivity contribution in [3.63, 3.8) is 0 Å². The predicted molar refractivity (Wildman–Crippen MR) is 91.8 cm³/mol. The molecule has 0 saturated heterocycles. The first-order valence-electron chi connectivity index (χ1n) is 7.36. The second kappa shape index (κ2) is 6.83. The SMILES string of the molecule is O=C1CCCC(=O)C1OC(Br)(Br)C1CC(c2ccccc2)=NO1. The lowest BCUT2D eigenvalue weighted by Gasteiger charge is -2.30. The van der Waals surface area contributed by atoms with Gasteiger partial charge in [0.1, 0.15) is 0 Å². The van der Waals surface area contributed by atoms with Crippen molar-refractivity contribution in [2.24, 2.45) is 5.16 Å². The number of carbonyl (C=O) groups excluding carboxylic acids is 2. The number of halogens is 2. The molecule has 0 bridgehead atoms. The van der Waals surface area contributed by atoms with Crippen LogP contribution in [0.2, 0.25) is 0 Å². The average molecular weight is 445 g/mol. The fourth-order valence-corrected chi connectivity index (χ4v) is 3.47. The van der Waals surface area contributed by atoms with Crippen LogP contribution < -0.4 is 0 Å². The lowest BCUT2D eigenvalue weighted by molar-refractivity contribution is -0.151. The molecule has 1 aliphatic heterocycles. The highest BCUT2D eigenvalue weighted by Crippen LogP contribution is 2.40. The van der Waals surface area contributed by atoms with Gasteiger partial charge in [-0.05, 0) is 43.8 Å². The summed E-state index contributed by atoms with van der Waals surface area (Å²) in [6, 6.07) is 9.68. The summed E-state index contributed by atoms with van der Waals surface area (Å²) in [5, 5.41) is 4.09. The average Bonchev–Trinajstić information content (AvgIpc) is 3.03. The lowest BCUT2D eigenvalue weighted by atomic mass is 9.95. The number of alkyl halides is 2. The van der Waals surface area contributed by atoms with Crippen LogP contribution in [0.4, 0.5) is 0 Å². The Morgan fingerprint density at radius 1 is 1.13 bits per heavy atom. The Bertz CT molecular complexity index is 629. The first-order chi connectivity index (χ1) is 11.0. The minimum Gasteiger partial charge on any atom is -0.387 e. The standard InChI is InChI=1S/C16H15Br2NO4/c17-16(18,22-15-12(20)7-4-8-13(15)21)14-9-11(19-23-14)10-5-2-1-3-6-10/h1-3,5-6,14-15H,4,7-9H2. The Kier molecular flexibility index (Phi) is 4.98. The summed E-state index contributed by atoms with van der Waals surface area (Å²) in [6.45, 7) is 0. The summed E-state index contributed by atoms with van der Waals surface area (Å²) in [4.78, 5) is 29.3. The van der Waals surface area contributed by atoms with E-state index in [1.807, 2.05) is 30.3 Å². The van der Waals surface area contributed by atoms with E-state index in [0.29, 0.717) is 25.7 Å². The molecule has 0 aromatic heterocycles. The minimum atomic E-state index is -1.15. The first kappa shape index (κ1) is 16.8. The summed E-state index contributed by atoms with van der Waals surface area (Å²) in [7, 11) is 0. The maximum Gasteiger partial charge on any atom is 0.219 e. The van der Waals surface area contributed by atoms with Crippen molar-refractivity contribution in [3.8, 4) is 0 Å². The molecule has 23 heavy (non-hydrogen) atoms. The van der Waals surface area contributed by atoms with E-state index < -0.39 is 15.6 Å². The predicted octanol–water partition coefficient (Wildman–Crippen LogP) is 3.33. The Hall–Kier alpha value is -1.05. The lowest BCUT2D eigenvalue weighted by Crippen LogP contribution is -2.45. The van der Waals surface area contributed by atoms with Crippen LogP contribution in [0.25, 0.3) is 0 Å². The van der Waals surface area contributed by atoms with Crippen LogP contribution in [0.3, 0.4) is 0 Å². The zero-order valence-electron chi connectivity index (χ0n) is 12.2. The molecule has 1 unspecified atom stereocenters. The van der Waals surface area contributed by atoms with Gasteiger partial charge in [-0.1, -0.05) is 35.5 Å². The third kappa shape index (κ3) is 3.72. The molecule has 7 heteroatoms. The Balaban J connectivity index is 1.67. The van der Waals surface area contributed by atoms with Gasteiger partial charge in [-0.25, -0.2) is 0 Å². The van der Waals surface area contributed by atoms with Crippen molar-refractivity contribution in [3.05, 3.63) is 35.9 Å². The van der Waals surface area contributed by atoms with Gasteiger partial charge in [0.15, 0.2) is 23.8 Å². The van der Waals surface area contributed by atoms with Gasteiger partial charge in [0.25, 0.3) is 0 Å². The molecule has 0 N–H and O–H groups in total. The highest BCUT2D eigenvalue weighted by atomic mass is 79.9. The van der Waals surface area contributed by atoms with E-state index in [1.54, 1.807) is 0 Å². The Morgan fingerprint density at radius 3 is 2.43 bits per heavy atom. The van der Waals surface area contributed by atoms with Gasteiger partial charge >= 0.3 is 0 Å². The minimum absolute atomic E-state index is 0.188. The topological polar surface area (TPSA) is 65.0 Å². The van der Waals surface area contributed by atoms with Gasteiger partial charge in [-0.2, -0.15) is 0 Å². The molecule has 2 aliphatic rings. The molecule has 0 spiro atoms. The molecule has 1 saturated carbocycles. The molecule has 1 aromatic carbocycles. The van der Waals surface area contributed by atoms with Crippen molar-refractivity contribution >= 4 is 49.1 Å². The number of Topliss-reactive ketones (excluding diaryl/α,β-unsaturated/α-hetero) is 2. The third-order valence-electron chi connectivity index (χ3n) is 3.86. The second-order valence-electron chi connectivity index (χ2n) is 5.55. The van der Waals surface area contributed by atoms with Crippen LogP contribution in [-0.4, -0.2) is 32.9 Å². The number of nitrogens with zero attached hydrogens (tertiary/aromatic N) is 1. The molecule has 0 radical (unpaired) electrons. The van der Waals surface area contributed by atoms with Crippen molar-refractivity contribution in [1.29, 1.82) is 0 Å². The fraction of sp³-hybridized carbons (Fsp3) is 0.438. The van der Waals surface area contributed by atoms with Gasteiger partial charge < -0.3 is 9.57 Å². The van der Waals surface area contributed by atoms with E-state index in [2.05, 4.69) is 37.0 Å². The monoisotopic (exact) mass is 443 g/mol. The Labute approximate surface area is 150 Å². The number of ether oxygens (including phenoxy) is 1. The summed E-state index contributed by atoms with van der Waals surface area (Å²) in [5.41, 5.74) is 1.76. The molecule has 0 amide bonds. The zero-order chi connectivity index (χ0) is 16.4. The normalized spacial score (nSPS) is 22.9. The van der Waals surface area contributed by atoms with Crippen LogP contribution in [0.5, 0.6) is 0 Å². The maximum absolute atomic E-state index is 11.9. The van der Waals surface area contributed by atoms with Crippen LogP contribution in [0.15, 0.2) is 35.5 Å². The van der Waals surface area contributed by atoms with Crippen molar-refractivity contribution in [2.45, 2.75) is 41.3 Å². The summed E-state index contributed by atoms with van der Waals surface area (Å²) < 4.78 is 4.56. The van der Waals surface area contributed by atoms with Gasteiger partial charge in [-0.3, -0.25) is 9.59 Å². The van der Waals surface area contributed by atoms with Crippen molar-refractivity contribution < 1.29 is 19.2 Å². The number of benzene rings is 1. The van der Waals surface area contributed by atoms with E-state index in [0.717, 1.165) is 11.3 Å². The molecule has 122 valence electrons. The molecule has 3 rings (SSSR count). The van der Waals surface area contributed by atoms with E-state index in [1.165, 1.54) is 0 Å². The molecule has 1 aromatic rings. The van der Waals surface area contributed by atoms with Crippen molar-refractivity contribution in [1.82, 2.24) is 0 Å². The van der Waals surface area contributed by atoms with Crippen molar-refractivity contribution in [2.75, 3.05) is 0 Å². The zero-order valence-corrected chi connectivity index (χ0v) is 15.4. The largest absolute Gasteiger partial charge is 0.387 e. The fourth-order valence-electron chi connectivity index (χ4n) is 2.60. The summed E-state index contributed by atoms with van der Waals surface area (Å²) in [5.74, 6) is -0.376. The summed E-state index contributed by atoms with van der Waals surface area (Å²) >= 11 is 6.78. The highest BCUT2D eigenvalue weighted by Gasteiger charge is 2.46. The first-order valence-corrected chi connectivity index (χ1v) is 8.95. The van der Waals surface area contributed by atoms with Crippen LogP contribution >= 0.6 is 31.9 Å². The molecular formula is C16H15Br2NO4.